The van der Waals surface area contributed by atoms with Gasteiger partial charge >= 0.3 is 0 Å². The third kappa shape index (κ3) is 2.66. The van der Waals surface area contributed by atoms with E-state index in [2.05, 4.69) is 63.1 Å². The Labute approximate surface area is 124 Å². The minimum absolute atomic E-state index is 0.0150. The fourth-order valence-electron chi connectivity index (χ4n) is 1.80. The highest BCUT2D eigenvalue weighted by molar-refractivity contribution is 9.10. The van der Waals surface area contributed by atoms with Crippen LogP contribution >= 0.6 is 38.8 Å². The van der Waals surface area contributed by atoms with Gasteiger partial charge in [0.15, 0.2) is 0 Å². The number of halogens is 1. The van der Waals surface area contributed by atoms with Gasteiger partial charge in [-0.1, -0.05) is 25.3 Å². The van der Waals surface area contributed by atoms with E-state index in [1.54, 1.807) is 11.3 Å². The summed E-state index contributed by atoms with van der Waals surface area (Å²) in [5.41, 5.74) is 1.09. The molecule has 0 radical (unpaired) electrons. The molecule has 2 aromatic rings. The van der Waals surface area contributed by atoms with E-state index in [9.17, 15) is 0 Å². The van der Waals surface area contributed by atoms with Gasteiger partial charge in [0.25, 0.3) is 0 Å². The van der Waals surface area contributed by atoms with Crippen molar-refractivity contribution in [2.45, 2.75) is 32.2 Å². The maximum absolute atomic E-state index is 4.31. The van der Waals surface area contributed by atoms with Crippen molar-refractivity contribution in [1.82, 2.24) is 14.9 Å². The van der Waals surface area contributed by atoms with Gasteiger partial charge in [0.2, 0.25) is 0 Å². The fraction of sp³-hybridized carbons (Fsp3) is 0.500. The Morgan fingerprint density at radius 3 is 2.56 bits per heavy atom. The van der Waals surface area contributed by atoms with Crippen LogP contribution in [0.3, 0.4) is 0 Å². The largest absolute Gasteiger partial charge is 0.308 e. The first kappa shape index (κ1) is 14.1. The molecule has 18 heavy (non-hydrogen) atoms. The molecule has 2 rings (SSSR count). The highest BCUT2D eigenvalue weighted by Crippen LogP contribution is 2.38. The van der Waals surface area contributed by atoms with Gasteiger partial charge in [-0.05, 0) is 46.0 Å². The third-order valence-corrected chi connectivity index (χ3v) is 5.41. The molecular weight excluding hydrogens is 330 g/mol. The van der Waals surface area contributed by atoms with Gasteiger partial charge in [-0.3, -0.25) is 0 Å². The molecule has 3 nitrogen and oxygen atoms in total. The van der Waals surface area contributed by atoms with Crippen LogP contribution in [0.15, 0.2) is 15.9 Å². The molecule has 0 aliphatic heterocycles. The Kier molecular flexibility index (Phi) is 4.21. The molecule has 0 aliphatic rings. The molecular formula is C12H16BrN3S2. The quantitative estimate of drug-likeness (QED) is 0.914. The van der Waals surface area contributed by atoms with Gasteiger partial charge in [0.05, 0.1) is 16.6 Å². The molecule has 0 spiro atoms. The van der Waals surface area contributed by atoms with E-state index in [0.717, 1.165) is 10.2 Å². The highest BCUT2D eigenvalue weighted by Gasteiger charge is 2.28. The summed E-state index contributed by atoms with van der Waals surface area (Å²) >= 11 is 6.82. The van der Waals surface area contributed by atoms with Gasteiger partial charge < -0.3 is 5.32 Å². The van der Waals surface area contributed by atoms with Crippen molar-refractivity contribution >= 4 is 38.8 Å². The Hall–Kier alpha value is -0.300. The molecule has 0 aliphatic carbocycles. The van der Waals surface area contributed by atoms with Crippen LogP contribution in [0.1, 0.15) is 42.3 Å². The number of nitrogens with zero attached hydrogens (tertiary/aromatic N) is 2. The van der Waals surface area contributed by atoms with E-state index >= 15 is 0 Å². The smallest absolute Gasteiger partial charge is 0.0860 e. The standard InChI is InChI=1S/C12H16BrN3S2/c1-12(2,3)11-10(18-16-15-11)8(14-4)9-7(13)5-6-17-9/h5-6,8,14H,1-4H3. The van der Waals surface area contributed by atoms with Crippen molar-refractivity contribution in [2.75, 3.05) is 7.05 Å². The number of hydrogen-bond acceptors (Lipinski definition) is 5. The number of nitrogens with one attached hydrogen (secondary N) is 1. The number of hydrogen-bond donors (Lipinski definition) is 1. The lowest BCUT2D eigenvalue weighted by Gasteiger charge is -2.21. The van der Waals surface area contributed by atoms with Crippen LogP contribution in [-0.2, 0) is 5.41 Å². The minimum Gasteiger partial charge on any atom is -0.308 e. The lowest BCUT2D eigenvalue weighted by molar-refractivity contribution is 0.550. The van der Waals surface area contributed by atoms with E-state index in [1.165, 1.54) is 21.3 Å². The summed E-state index contributed by atoms with van der Waals surface area (Å²) in [7, 11) is 1.98. The third-order valence-electron chi connectivity index (χ3n) is 2.68. The maximum atomic E-state index is 4.31. The van der Waals surface area contributed by atoms with Crippen molar-refractivity contribution in [3.05, 3.63) is 31.4 Å². The molecule has 1 N–H and O–H groups in total. The van der Waals surface area contributed by atoms with Crippen LogP contribution in [0.2, 0.25) is 0 Å². The lowest BCUT2D eigenvalue weighted by atomic mass is 9.90. The summed E-state index contributed by atoms with van der Waals surface area (Å²) in [5, 5.41) is 9.78. The second-order valence-electron chi connectivity index (χ2n) is 5.09. The molecule has 0 saturated carbocycles. The summed E-state index contributed by atoms with van der Waals surface area (Å²) in [5.74, 6) is 0. The van der Waals surface area contributed by atoms with E-state index in [4.69, 9.17) is 0 Å². The van der Waals surface area contributed by atoms with Crippen LogP contribution in [0.4, 0.5) is 0 Å². The van der Waals surface area contributed by atoms with Crippen molar-refractivity contribution in [2.24, 2.45) is 0 Å². The van der Waals surface area contributed by atoms with E-state index in [0.29, 0.717) is 0 Å². The summed E-state index contributed by atoms with van der Waals surface area (Å²) < 4.78 is 5.28. The highest BCUT2D eigenvalue weighted by atomic mass is 79.9. The lowest BCUT2D eigenvalue weighted by Crippen LogP contribution is -2.22. The predicted molar refractivity (Wildman–Crippen MR) is 81.5 cm³/mol. The molecule has 98 valence electrons. The summed E-state index contributed by atoms with van der Waals surface area (Å²) in [6.07, 6.45) is 0. The summed E-state index contributed by atoms with van der Waals surface area (Å²) in [6.45, 7) is 6.51. The fourth-order valence-corrected chi connectivity index (χ4v) is 4.58. The Bertz CT molecular complexity index is 527. The first-order valence-corrected chi connectivity index (χ1v) is 8.12. The first-order chi connectivity index (χ1) is 8.45. The van der Waals surface area contributed by atoms with Crippen LogP contribution in [0.25, 0.3) is 0 Å². The summed E-state index contributed by atoms with van der Waals surface area (Å²) in [4.78, 5) is 2.47. The first-order valence-electron chi connectivity index (χ1n) is 5.68. The van der Waals surface area contributed by atoms with Crippen molar-refractivity contribution < 1.29 is 0 Å². The van der Waals surface area contributed by atoms with Crippen LogP contribution in [0, 0.1) is 0 Å². The molecule has 2 heterocycles. The predicted octanol–water partition coefficient (Wildman–Crippen LogP) is 3.97. The summed E-state index contributed by atoms with van der Waals surface area (Å²) in [6, 6.07) is 2.24. The molecule has 0 bridgehead atoms. The van der Waals surface area contributed by atoms with Crippen molar-refractivity contribution in [1.29, 1.82) is 0 Å². The Morgan fingerprint density at radius 1 is 1.33 bits per heavy atom. The molecule has 1 unspecified atom stereocenters. The normalized spacial score (nSPS) is 13.8. The maximum Gasteiger partial charge on any atom is 0.0860 e. The van der Waals surface area contributed by atoms with Crippen LogP contribution < -0.4 is 5.32 Å². The number of thiophene rings is 1. The Balaban J connectivity index is 2.47. The SMILES string of the molecule is CNC(c1sccc1Br)c1snnc1C(C)(C)C. The molecule has 0 aromatic carbocycles. The van der Waals surface area contributed by atoms with Crippen LogP contribution in [0.5, 0.6) is 0 Å². The van der Waals surface area contributed by atoms with Gasteiger partial charge in [0.1, 0.15) is 0 Å². The van der Waals surface area contributed by atoms with Gasteiger partial charge in [-0.15, -0.1) is 16.4 Å². The Morgan fingerprint density at radius 2 is 2.06 bits per heavy atom. The molecule has 0 fully saturated rings. The molecule has 1 atom stereocenters. The second-order valence-corrected chi connectivity index (χ2v) is 7.68. The van der Waals surface area contributed by atoms with Gasteiger partial charge in [-0.2, -0.15) is 0 Å². The number of aromatic nitrogens is 2. The van der Waals surface area contributed by atoms with Crippen molar-refractivity contribution in [3.63, 3.8) is 0 Å². The van der Waals surface area contributed by atoms with E-state index < -0.39 is 0 Å². The number of rotatable bonds is 3. The molecule has 0 saturated heterocycles. The average Bonchev–Trinajstić information content (AvgIpc) is 2.89. The van der Waals surface area contributed by atoms with Crippen LogP contribution in [-0.4, -0.2) is 16.6 Å². The van der Waals surface area contributed by atoms with E-state index in [-0.39, 0.29) is 11.5 Å². The zero-order valence-corrected chi connectivity index (χ0v) is 14.0. The molecule has 0 amide bonds. The molecule has 2 aromatic heterocycles. The van der Waals surface area contributed by atoms with Crippen molar-refractivity contribution in [3.8, 4) is 0 Å². The topological polar surface area (TPSA) is 37.8 Å². The average molecular weight is 346 g/mol. The van der Waals surface area contributed by atoms with Gasteiger partial charge in [0, 0.05) is 14.8 Å². The monoisotopic (exact) mass is 345 g/mol. The zero-order valence-electron chi connectivity index (χ0n) is 10.8. The minimum atomic E-state index is 0.0150. The zero-order chi connectivity index (χ0) is 13.3. The second kappa shape index (κ2) is 5.36. The van der Waals surface area contributed by atoms with E-state index in [1.807, 2.05) is 7.05 Å². The molecule has 6 heteroatoms. The van der Waals surface area contributed by atoms with Gasteiger partial charge in [-0.25, -0.2) is 0 Å².